The molecule has 0 fully saturated rings. The number of hydrogen-bond acceptors (Lipinski definition) is 3. The van der Waals surface area contributed by atoms with E-state index in [1.54, 1.807) is 0 Å². The molecule has 0 unspecified atom stereocenters. The van der Waals surface area contributed by atoms with Crippen molar-refractivity contribution in [1.29, 1.82) is 0 Å². The van der Waals surface area contributed by atoms with E-state index in [-0.39, 0.29) is 5.28 Å². The van der Waals surface area contributed by atoms with Crippen LogP contribution in [-0.4, -0.2) is 15.0 Å². The van der Waals surface area contributed by atoms with Gasteiger partial charge in [-0.15, -0.1) is 0 Å². The zero-order valence-corrected chi connectivity index (χ0v) is 19.4. The highest BCUT2D eigenvalue weighted by atomic mass is 35.5. The van der Waals surface area contributed by atoms with Gasteiger partial charge in [0, 0.05) is 11.1 Å². The molecule has 164 valence electrons. The first-order valence-electron chi connectivity index (χ1n) is 11.5. The summed E-state index contributed by atoms with van der Waals surface area (Å²) >= 11 is 6.38. The lowest BCUT2D eigenvalue weighted by atomic mass is 9.99. The van der Waals surface area contributed by atoms with Gasteiger partial charge >= 0.3 is 0 Å². The molecule has 35 heavy (non-hydrogen) atoms. The number of benzene rings is 6. The van der Waals surface area contributed by atoms with Crippen LogP contribution in [-0.2, 0) is 0 Å². The maximum Gasteiger partial charge on any atom is 0.226 e. The summed E-state index contributed by atoms with van der Waals surface area (Å²) in [5.74, 6) is 1.13. The summed E-state index contributed by atoms with van der Waals surface area (Å²) in [6.45, 7) is 0. The van der Waals surface area contributed by atoms with Crippen LogP contribution in [0.2, 0.25) is 5.28 Å². The van der Waals surface area contributed by atoms with Crippen LogP contribution in [0.25, 0.3) is 65.9 Å². The van der Waals surface area contributed by atoms with Gasteiger partial charge in [-0.05, 0) is 66.8 Å². The van der Waals surface area contributed by atoms with Crippen molar-refractivity contribution >= 4 is 54.7 Å². The summed E-state index contributed by atoms with van der Waals surface area (Å²) in [6.07, 6.45) is 0. The molecule has 0 radical (unpaired) electrons. The maximum absolute atomic E-state index is 6.38. The number of aromatic nitrogens is 3. The molecule has 0 saturated heterocycles. The van der Waals surface area contributed by atoms with Gasteiger partial charge in [-0.1, -0.05) is 97.1 Å². The Morgan fingerprint density at radius 2 is 0.829 bits per heavy atom. The van der Waals surface area contributed by atoms with Gasteiger partial charge in [0.15, 0.2) is 11.6 Å². The molecular weight excluding hydrogens is 450 g/mol. The molecule has 0 spiro atoms. The summed E-state index contributed by atoms with van der Waals surface area (Å²) in [4.78, 5) is 13.7. The van der Waals surface area contributed by atoms with E-state index in [1.807, 2.05) is 0 Å². The van der Waals surface area contributed by atoms with Crippen LogP contribution in [0.15, 0.2) is 109 Å². The summed E-state index contributed by atoms with van der Waals surface area (Å²) in [5.41, 5.74) is 1.82. The van der Waals surface area contributed by atoms with Gasteiger partial charge in [0.1, 0.15) is 0 Å². The lowest BCUT2D eigenvalue weighted by molar-refractivity contribution is 1.07. The van der Waals surface area contributed by atoms with E-state index in [2.05, 4.69) is 119 Å². The molecule has 7 aromatic rings. The minimum atomic E-state index is 0.183. The normalized spacial score (nSPS) is 11.6. The van der Waals surface area contributed by atoms with Gasteiger partial charge in [0.05, 0.1) is 0 Å². The fraction of sp³-hybridized carbons (Fsp3) is 0. The molecule has 0 aliphatic rings. The highest BCUT2D eigenvalue weighted by Crippen LogP contribution is 2.31. The quantitative estimate of drug-likeness (QED) is 0.239. The van der Waals surface area contributed by atoms with Crippen molar-refractivity contribution in [1.82, 2.24) is 15.0 Å². The molecule has 6 aromatic carbocycles. The van der Waals surface area contributed by atoms with E-state index in [4.69, 9.17) is 16.6 Å². The van der Waals surface area contributed by atoms with Crippen molar-refractivity contribution in [2.24, 2.45) is 0 Å². The summed E-state index contributed by atoms with van der Waals surface area (Å²) < 4.78 is 0. The van der Waals surface area contributed by atoms with Crippen molar-refractivity contribution in [3.63, 3.8) is 0 Å². The second-order valence-corrected chi connectivity index (χ2v) is 9.03. The molecule has 0 bridgehead atoms. The SMILES string of the molecule is Clc1nc(-c2ccc3c(ccc4ccccc43)c2)nc(-c2ccc3c(ccc4ccccc43)c2)n1. The van der Waals surface area contributed by atoms with E-state index >= 15 is 0 Å². The third-order valence-electron chi connectivity index (χ3n) is 6.61. The van der Waals surface area contributed by atoms with Crippen molar-refractivity contribution in [2.75, 3.05) is 0 Å². The lowest BCUT2D eigenvalue weighted by Gasteiger charge is -2.09. The van der Waals surface area contributed by atoms with Crippen LogP contribution in [0.3, 0.4) is 0 Å². The Bertz CT molecular complexity index is 1790. The predicted octanol–water partition coefficient (Wildman–Crippen LogP) is 8.47. The van der Waals surface area contributed by atoms with Gasteiger partial charge in [-0.2, -0.15) is 9.97 Å². The molecule has 3 nitrogen and oxygen atoms in total. The number of rotatable bonds is 2. The minimum Gasteiger partial charge on any atom is -0.208 e. The summed E-state index contributed by atoms with van der Waals surface area (Å²) in [6, 6.07) is 38.0. The maximum atomic E-state index is 6.38. The van der Waals surface area contributed by atoms with Crippen LogP contribution in [0.5, 0.6) is 0 Å². The topological polar surface area (TPSA) is 38.7 Å². The van der Waals surface area contributed by atoms with Crippen LogP contribution in [0.1, 0.15) is 0 Å². The molecule has 0 aliphatic carbocycles. The van der Waals surface area contributed by atoms with Crippen LogP contribution >= 0.6 is 11.6 Å². The Balaban J connectivity index is 1.35. The van der Waals surface area contributed by atoms with Crippen molar-refractivity contribution in [3.05, 3.63) is 114 Å². The average molecular weight is 468 g/mol. The van der Waals surface area contributed by atoms with E-state index in [0.29, 0.717) is 11.6 Å². The highest BCUT2D eigenvalue weighted by molar-refractivity contribution is 6.28. The largest absolute Gasteiger partial charge is 0.226 e. The monoisotopic (exact) mass is 467 g/mol. The van der Waals surface area contributed by atoms with Gasteiger partial charge in [-0.3, -0.25) is 0 Å². The lowest BCUT2D eigenvalue weighted by Crippen LogP contribution is -1.97. The fourth-order valence-electron chi connectivity index (χ4n) is 4.91. The van der Waals surface area contributed by atoms with Crippen molar-refractivity contribution < 1.29 is 0 Å². The molecule has 7 rings (SSSR count). The first-order valence-corrected chi connectivity index (χ1v) is 11.9. The summed E-state index contributed by atoms with van der Waals surface area (Å²) in [5, 5.41) is 9.77. The number of hydrogen-bond donors (Lipinski definition) is 0. The zero-order valence-electron chi connectivity index (χ0n) is 18.6. The number of halogens is 1. The van der Waals surface area contributed by atoms with Crippen molar-refractivity contribution in [2.45, 2.75) is 0 Å². The van der Waals surface area contributed by atoms with Gasteiger partial charge < -0.3 is 0 Å². The zero-order chi connectivity index (χ0) is 23.4. The van der Waals surface area contributed by atoms with Crippen LogP contribution in [0, 0.1) is 0 Å². The third-order valence-corrected chi connectivity index (χ3v) is 6.78. The fourth-order valence-corrected chi connectivity index (χ4v) is 5.07. The molecule has 4 heteroatoms. The Kier molecular flexibility index (Phi) is 4.51. The molecule has 1 aromatic heterocycles. The second kappa shape index (κ2) is 7.86. The third kappa shape index (κ3) is 3.40. The molecular formula is C31H18ClN3. The standard InChI is InChI=1S/C31H18ClN3/c32-31-34-29(23-13-15-27-21(17-23)11-9-19-5-1-3-7-25(19)27)33-30(35-31)24-14-16-28-22(18-24)12-10-20-6-2-4-8-26(20)28/h1-18H. The smallest absolute Gasteiger partial charge is 0.208 e. The molecule has 0 amide bonds. The molecule has 0 atom stereocenters. The average Bonchev–Trinajstić information content (AvgIpc) is 2.92. The Labute approximate surface area is 206 Å². The first-order chi connectivity index (χ1) is 17.2. The molecule has 0 N–H and O–H groups in total. The van der Waals surface area contributed by atoms with E-state index in [9.17, 15) is 0 Å². The second-order valence-electron chi connectivity index (χ2n) is 8.70. The minimum absolute atomic E-state index is 0.183. The van der Waals surface area contributed by atoms with Gasteiger partial charge in [-0.25, -0.2) is 4.98 Å². The Morgan fingerprint density at radius 1 is 0.400 bits per heavy atom. The van der Waals surface area contributed by atoms with E-state index in [1.165, 1.54) is 32.3 Å². The Morgan fingerprint density at radius 3 is 1.34 bits per heavy atom. The van der Waals surface area contributed by atoms with Crippen LogP contribution < -0.4 is 0 Å². The van der Waals surface area contributed by atoms with Crippen LogP contribution in [0.4, 0.5) is 0 Å². The van der Waals surface area contributed by atoms with Gasteiger partial charge in [0.2, 0.25) is 5.28 Å². The molecule has 0 aliphatic heterocycles. The first kappa shape index (κ1) is 20.1. The Hall–Kier alpha value is -4.34. The van der Waals surface area contributed by atoms with Gasteiger partial charge in [0.25, 0.3) is 0 Å². The predicted molar refractivity (Wildman–Crippen MR) is 146 cm³/mol. The highest BCUT2D eigenvalue weighted by Gasteiger charge is 2.12. The number of nitrogens with zero attached hydrogens (tertiary/aromatic N) is 3. The molecule has 1 heterocycles. The number of fused-ring (bicyclic) bond motifs is 6. The molecule has 0 saturated carbocycles. The summed E-state index contributed by atoms with van der Waals surface area (Å²) in [7, 11) is 0. The van der Waals surface area contributed by atoms with Crippen molar-refractivity contribution in [3.8, 4) is 22.8 Å². The van der Waals surface area contributed by atoms with E-state index < -0.39 is 0 Å². The van der Waals surface area contributed by atoms with E-state index in [0.717, 1.165) is 21.9 Å².